The summed E-state index contributed by atoms with van der Waals surface area (Å²) in [6.45, 7) is 0.874. The quantitative estimate of drug-likeness (QED) is 0.735. The molecular formula is C16H18ClNS. The van der Waals surface area contributed by atoms with Crippen LogP contribution in [0.4, 0.5) is 0 Å². The fraction of sp³-hybridized carbons (Fsp3) is 0.250. The maximum atomic E-state index is 6.22. The number of benzene rings is 2. The molecule has 3 heteroatoms. The summed E-state index contributed by atoms with van der Waals surface area (Å²) in [4.78, 5) is 3.40. The second-order valence-electron chi connectivity index (χ2n) is 4.77. The van der Waals surface area contributed by atoms with Gasteiger partial charge < -0.3 is 4.90 Å². The molecule has 2 aromatic rings. The summed E-state index contributed by atoms with van der Waals surface area (Å²) in [7, 11) is 4.11. The molecule has 0 aliphatic carbocycles. The Bertz CT molecular complexity index is 526. The second-order valence-corrected chi connectivity index (χ2v) is 6.22. The summed E-state index contributed by atoms with van der Waals surface area (Å²) < 4.78 is 0. The molecule has 100 valence electrons. The first-order chi connectivity index (χ1) is 9.15. The predicted molar refractivity (Wildman–Crippen MR) is 84.8 cm³/mol. The molecule has 0 saturated heterocycles. The number of hydrogen-bond donors (Lipinski definition) is 0. The summed E-state index contributed by atoms with van der Waals surface area (Å²) in [5.74, 6) is 0.990. The minimum atomic E-state index is 0.845. The third kappa shape index (κ3) is 4.57. The molecule has 2 aromatic carbocycles. The molecule has 1 nitrogen and oxygen atoms in total. The monoisotopic (exact) mass is 291 g/mol. The van der Waals surface area contributed by atoms with Crippen molar-refractivity contribution in [3.8, 4) is 0 Å². The lowest BCUT2D eigenvalue weighted by Gasteiger charge is -2.12. The van der Waals surface area contributed by atoms with E-state index in [1.54, 1.807) is 0 Å². The normalized spacial score (nSPS) is 10.9. The first kappa shape index (κ1) is 14.4. The Kier molecular flexibility index (Phi) is 5.32. The van der Waals surface area contributed by atoms with Crippen LogP contribution in [0.15, 0.2) is 53.4 Å². The van der Waals surface area contributed by atoms with E-state index in [0.29, 0.717) is 0 Å². The summed E-state index contributed by atoms with van der Waals surface area (Å²) in [5, 5.41) is 0.845. The zero-order chi connectivity index (χ0) is 13.7. The van der Waals surface area contributed by atoms with E-state index in [-0.39, 0.29) is 0 Å². The van der Waals surface area contributed by atoms with Crippen molar-refractivity contribution in [1.82, 2.24) is 4.90 Å². The molecule has 0 radical (unpaired) electrons. The number of thioether (sulfide) groups is 1. The molecule has 0 atom stereocenters. The lowest BCUT2D eigenvalue weighted by atomic mass is 10.2. The van der Waals surface area contributed by atoms with E-state index in [1.165, 1.54) is 16.0 Å². The highest BCUT2D eigenvalue weighted by molar-refractivity contribution is 7.98. The molecule has 19 heavy (non-hydrogen) atoms. The van der Waals surface area contributed by atoms with Crippen LogP contribution in [0.3, 0.4) is 0 Å². The summed E-state index contributed by atoms with van der Waals surface area (Å²) in [5.41, 5.74) is 2.53. The van der Waals surface area contributed by atoms with Crippen molar-refractivity contribution in [2.75, 3.05) is 14.1 Å². The van der Waals surface area contributed by atoms with Gasteiger partial charge in [-0.2, -0.15) is 0 Å². The van der Waals surface area contributed by atoms with Gasteiger partial charge in [-0.05, 0) is 43.4 Å². The van der Waals surface area contributed by atoms with Gasteiger partial charge in [-0.25, -0.2) is 0 Å². The van der Waals surface area contributed by atoms with Crippen LogP contribution in [0.2, 0.25) is 5.02 Å². The van der Waals surface area contributed by atoms with Gasteiger partial charge in [-0.1, -0.05) is 41.9 Å². The van der Waals surface area contributed by atoms with Crippen molar-refractivity contribution in [2.45, 2.75) is 17.2 Å². The van der Waals surface area contributed by atoms with Crippen LogP contribution in [0.5, 0.6) is 0 Å². The lowest BCUT2D eigenvalue weighted by molar-refractivity contribution is 0.402. The average Bonchev–Trinajstić information content (AvgIpc) is 2.40. The molecular weight excluding hydrogens is 274 g/mol. The van der Waals surface area contributed by atoms with Gasteiger partial charge in [0.25, 0.3) is 0 Å². The van der Waals surface area contributed by atoms with Crippen molar-refractivity contribution in [3.63, 3.8) is 0 Å². The van der Waals surface area contributed by atoms with Crippen molar-refractivity contribution in [1.29, 1.82) is 0 Å². The largest absolute Gasteiger partial charge is 0.305 e. The van der Waals surface area contributed by atoms with Gasteiger partial charge >= 0.3 is 0 Å². The lowest BCUT2D eigenvalue weighted by Crippen LogP contribution is -2.10. The molecule has 0 unspecified atom stereocenters. The number of hydrogen-bond acceptors (Lipinski definition) is 2. The fourth-order valence-corrected chi connectivity index (χ4v) is 2.94. The van der Waals surface area contributed by atoms with Crippen molar-refractivity contribution in [2.24, 2.45) is 0 Å². The molecule has 0 aliphatic rings. The third-order valence-electron chi connectivity index (χ3n) is 2.75. The van der Waals surface area contributed by atoms with Crippen molar-refractivity contribution in [3.05, 3.63) is 64.7 Å². The summed E-state index contributed by atoms with van der Waals surface area (Å²) in [6, 6.07) is 16.8. The van der Waals surface area contributed by atoms with Gasteiger partial charge in [0.05, 0.1) is 0 Å². The first-order valence-electron chi connectivity index (χ1n) is 6.25. The van der Waals surface area contributed by atoms with Gasteiger partial charge in [-0.3, -0.25) is 0 Å². The highest BCUT2D eigenvalue weighted by atomic mass is 35.5. The zero-order valence-electron chi connectivity index (χ0n) is 11.3. The zero-order valence-corrected chi connectivity index (χ0v) is 12.8. The van der Waals surface area contributed by atoms with Crippen LogP contribution in [0, 0.1) is 0 Å². The summed E-state index contributed by atoms with van der Waals surface area (Å²) in [6.07, 6.45) is 0. The minimum Gasteiger partial charge on any atom is -0.305 e. The molecule has 0 amide bonds. The van der Waals surface area contributed by atoms with Gasteiger partial charge in [0.2, 0.25) is 0 Å². The van der Waals surface area contributed by atoms with Crippen LogP contribution in [-0.4, -0.2) is 19.0 Å². The molecule has 0 heterocycles. The Morgan fingerprint density at radius 3 is 2.47 bits per heavy atom. The maximum absolute atomic E-state index is 6.22. The molecule has 0 saturated carbocycles. The smallest absolute Gasteiger partial charge is 0.0451 e. The standard InChI is InChI=1S/C16H18ClNS/c1-18(2)11-14-10-15(8-9-16(14)17)19-12-13-6-4-3-5-7-13/h3-10H,11-12H2,1-2H3. The minimum absolute atomic E-state index is 0.845. The topological polar surface area (TPSA) is 3.24 Å². The fourth-order valence-electron chi connectivity index (χ4n) is 1.84. The molecule has 0 bridgehead atoms. The predicted octanol–water partition coefficient (Wildman–Crippen LogP) is 4.69. The van der Waals surface area contributed by atoms with E-state index in [9.17, 15) is 0 Å². The van der Waals surface area contributed by atoms with Crippen LogP contribution >= 0.6 is 23.4 Å². The number of rotatable bonds is 5. The van der Waals surface area contributed by atoms with E-state index in [4.69, 9.17) is 11.6 Å². The highest BCUT2D eigenvalue weighted by Crippen LogP contribution is 2.27. The van der Waals surface area contributed by atoms with Crippen molar-refractivity contribution < 1.29 is 0 Å². The van der Waals surface area contributed by atoms with Gasteiger partial charge in [0.15, 0.2) is 0 Å². The van der Waals surface area contributed by atoms with Gasteiger partial charge in [0, 0.05) is 22.2 Å². The number of halogens is 1. The molecule has 0 spiro atoms. The Morgan fingerprint density at radius 1 is 1.05 bits per heavy atom. The van der Waals surface area contributed by atoms with Crippen molar-refractivity contribution >= 4 is 23.4 Å². The van der Waals surface area contributed by atoms with Crippen LogP contribution in [0.1, 0.15) is 11.1 Å². The molecule has 0 aromatic heterocycles. The highest BCUT2D eigenvalue weighted by Gasteiger charge is 2.04. The van der Waals surface area contributed by atoms with Crippen LogP contribution < -0.4 is 0 Å². The maximum Gasteiger partial charge on any atom is 0.0451 e. The third-order valence-corrected chi connectivity index (χ3v) is 4.19. The number of nitrogens with zero attached hydrogens (tertiary/aromatic N) is 1. The van der Waals surface area contributed by atoms with Crippen LogP contribution in [-0.2, 0) is 12.3 Å². The molecule has 0 N–H and O–H groups in total. The Labute approximate surface area is 124 Å². The van der Waals surface area contributed by atoms with Gasteiger partial charge in [0.1, 0.15) is 0 Å². The summed E-state index contributed by atoms with van der Waals surface area (Å²) >= 11 is 8.07. The Balaban J connectivity index is 2.04. The second kappa shape index (κ2) is 6.99. The van der Waals surface area contributed by atoms with E-state index in [2.05, 4.69) is 55.4 Å². The SMILES string of the molecule is CN(C)Cc1cc(SCc2ccccc2)ccc1Cl. The Morgan fingerprint density at radius 2 is 1.79 bits per heavy atom. The average molecular weight is 292 g/mol. The van der Waals surface area contributed by atoms with E-state index >= 15 is 0 Å². The van der Waals surface area contributed by atoms with E-state index in [1.807, 2.05) is 23.9 Å². The Hall–Kier alpha value is -0.960. The molecule has 2 rings (SSSR count). The molecule has 0 aliphatic heterocycles. The van der Waals surface area contributed by atoms with E-state index < -0.39 is 0 Å². The molecule has 0 fully saturated rings. The van der Waals surface area contributed by atoms with Crippen LogP contribution in [0.25, 0.3) is 0 Å². The van der Waals surface area contributed by atoms with Gasteiger partial charge in [-0.15, -0.1) is 11.8 Å². The van der Waals surface area contributed by atoms with E-state index in [0.717, 1.165) is 17.3 Å². The first-order valence-corrected chi connectivity index (χ1v) is 7.61.